The first-order valence-electron chi connectivity index (χ1n) is 10.2. The Morgan fingerprint density at radius 2 is 1.43 bits per heavy atom. The van der Waals surface area contributed by atoms with Crippen molar-refractivity contribution in [3.05, 3.63) is 107 Å². The topological polar surface area (TPSA) is 0 Å². The molecule has 0 bridgehead atoms. The summed E-state index contributed by atoms with van der Waals surface area (Å²) in [7, 11) is 0. The number of rotatable bonds is 4. The number of fused-ring (bicyclic) bond motifs is 1. The van der Waals surface area contributed by atoms with Gasteiger partial charge >= 0.3 is 0 Å². The highest BCUT2D eigenvalue weighted by Crippen LogP contribution is 2.29. The minimum Gasteiger partial charge on any atom is -0.207 e. The van der Waals surface area contributed by atoms with Crippen molar-refractivity contribution < 1.29 is 8.78 Å². The first-order chi connectivity index (χ1) is 14.6. The third-order valence-electron chi connectivity index (χ3n) is 5.23. The lowest BCUT2D eigenvalue weighted by atomic mass is 9.99. The summed E-state index contributed by atoms with van der Waals surface area (Å²) in [6.45, 7) is 2.19. The molecule has 0 saturated heterocycles. The lowest BCUT2D eigenvalue weighted by Gasteiger charge is -2.07. The Kier molecular flexibility index (Phi) is 5.91. The number of halogens is 2. The van der Waals surface area contributed by atoms with Crippen molar-refractivity contribution in [1.29, 1.82) is 0 Å². The average molecular weight is 396 g/mol. The van der Waals surface area contributed by atoms with Crippen LogP contribution in [0.15, 0.2) is 78.9 Å². The van der Waals surface area contributed by atoms with Crippen molar-refractivity contribution in [3.63, 3.8) is 0 Å². The molecule has 0 unspecified atom stereocenters. The van der Waals surface area contributed by atoms with Crippen LogP contribution in [0.3, 0.4) is 0 Å². The van der Waals surface area contributed by atoms with Crippen LogP contribution in [-0.4, -0.2) is 0 Å². The molecule has 30 heavy (non-hydrogen) atoms. The first-order valence-corrected chi connectivity index (χ1v) is 10.2. The predicted molar refractivity (Wildman–Crippen MR) is 120 cm³/mol. The number of hydrogen-bond acceptors (Lipinski definition) is 0. The highest BCUT2D eigenvalue weighted by Gasteiger charge is 2.09. The molecule has 0 aromatic heterocycles. The van der Waals surface area contributed by atoms with Crippen LogP contribution in [0.1, 0.15) is 36.5 Å². The molecule has 0 aliphatic carbocycles. The van der Waals surface area contributed by atoms with Crippen LogP contribution in [0.5, 0.6) is 0 Å². The highest BCUT2D eigenvalue weighted by molar-refractivity contribution is 5.89. The van der Waals surface area contributed by atoms with Gasteiger partial charge in [0.05, 0.1) is 0 Å². The normalized spacial score (nSPS) is 10.6. The van der Waals surface area contributed by atoms with Gasteiger partial charge in [-0.15, -0.1) is 0 Å². The van der Waals surface area contributed by atoms with Crippen LogP contribution in [0.2, 0.25) is 0 Å². The molecule has 4 rings (SSSR count). The molecule has 0 aliphatic heterocycles. The molecule has 0 aliphatic rings. The Balaban J connectivity index is 1.59. The zero-order valence-corrected chi connectivity index (χ0v) is 16.9. The molecule has 0 nitrogen and oxygen atoms in total. The lowest BCUT2D eigenvalue weighted by molar-refractivity contribution is 0.627. The van der Waals surface area contributed by atoms with Gasteiger partial charge in [0.15, 0.2) is 0 Å². The SMILES string of the molecule is CCCCc1ccc(C#Cc2ccc3c(F)c(-c4ccc(F)cc4)ccc3c2)cc1. The molecule has 0 heterocycles. The fourth-order valence-electron chi connectivity index (χ4n) is 3.50. The molecule has 0 fully saturated rings. The van der Waals surface area contributed by atoms with E-state index in [1.807, 2.05) is 30.3 Å². The summed E-state index contributed by atoms with van der Waals surface area (Å²) in [6.07, 6.45) is 3.48. The third kappa shape index (κ3) is 4.42. The van der Waals surface area contributed by atoms with E-state index in [0.717, 1.165) is 22.9 Å². The second-order valence-corrected chi connectivity index (χ2v) is 7.42. The van der Waals surface area contributed by atoms with E-state index in [1.165, 1.54) is 30.5 Å². The summed E-state index contributed by atoms with van der Waals surface area (Å²) < 4.78 is 28.2. The van der Waals surface area contributed by atoms with Crippen LogP contribution in [-0.2, 0) is 6.42 Å². The Bertz CT molecular complexity index is 1220. The molecule has 4 aromatic rings. The van der Waals surface area contributed by atoms with Gasteiger partial charge in [-0.05, 0) is 65.8 Å². The molecule has 0 spiro atoms. The minimum absolute atomic E-state index is 0.304. The average Bonchev–Trinajstić information content (AvgIpc) is 2.78. The summed E-state index contributed by atoms with van der Waals surface area (Å²) in [4.78, 5) is 0. The quantitative estimate of drug-likeness (QED) is 0.313. The van der Waals surface area contributed by atoms with E-state index in [4.69, 9.17) is 0 Å². The van der Waals surface area contributed by atoms with E-state index in [0.29, 0.717) is 16.5 Å². The number of aryl methyl sites for hydroxylation is 1. The molecule has 148 valence electrons. The van der Waals surface area contributed by atoms with Crippen molar-refractivity contribution in [2.45, 2.75) is 26.2 Å². The largest absolute Gasteiger partial charge is 0.207 e. The molecular formula is C28H22F2. The predicted octanol–water partition coefficient (Wildman–Crippen LogP) is 7.53. The van der Waals surface area contributed by atoms with E-state index >= 15 is 4.39 Å². The van der Waals surface area contributed by atoms with Crippen LogP contribution in [0.4, 0.5) is 8.78 Å². The summed E-state index contributed by atoms with van der Waals surface area (Å²) in [5.41, 5.74) is 4.26. The van der Waals surface area contributed by atoms with E-state index in [2.05, 4.69) is 30.9 Å². The van der Waals surface area contributed by atoms with Gasteiger partial charge in [-0.25, -0.2) is 8.78 Å². The Labute approximate surface area is 176 Å². The molecule has 0 N–H and O–H groups in total. The fraction of sp³-hybridized carbons (Fsp3) is 0.143. The summed E-state index contributed by atoms with van der Waals surface area (Å²) in [6, 6.07) is 23.3. The number of benzene rings is 4. The number of unbranched alkanes of at least 4 members (excludes halogenated alkanes) is 1. The molecule has 0 saturated carbocycles. The van der Waals surface area contributed by atoms with Crippen molar-refractivity contribution >= 4 is 10.8 Å². The van der Waals surface area contributed by atoms with Crippen molar-refractivity contribution in [3.8, 4) is 23.0 Å². The van der Waals surface area contributed by atoms with E-state index in [-0.39, 0.29) is 11.6 Å². The third-order valence-corrected chi connectivity index (χ3v) is 5.23. The monoisotopic (exact) mass is 396 g/mol. The highest BCUT2D eigenvalue weighted by atomic mass is 19.1. The van der Waals surface area contributed by atoms with Gasteiger partial charge in [-0.2, -0.15) is 0 Å². The van der Waals surface area contributed by atoms with Gasteiger partial charge < -0.3 is 0 Å². The molecule has 2 heteroatoms. The molecule has 4 aromatic carbocycles. The van der Waals surface area contributed by atoms with Crippen molar-refractivity contribution in [1.82, 2.24) is 0 Å². The molecular weight excluding hydrogens is 374 g/mol. The zero-order chi connectivity index (χ0) is 20.9. The van der Waals surface area contributed by atoms with Gasteiger partial charge in [-0.3, -0.25) is 0 Å². The van der Waals surface area contributed by atoms with Crippen molar-refractivity contribution in [2.75, 3.05) is 0 Å². The van der Waals surface area contributed by atoms with Crippen LogP contribution in [0, 0.1) is 23.5 Å². The maximum absolute atomic E-state index is 15.0. The summed E-state index contributed by atoms with van der Waals surface area (Å²) in [5, 5.41) is 1.32. The molecule has 0 radical (unpaired) electrons. The standard InChI is InChI=1S/C28H22F2/c1-2-3-4-20-5-7-21(8-6-20)9-10-22-11-17-27-24(19-22)14-18-26(28(27)30)23-12-15-25(29)16-13-23/h5-8,11-19H,2-4H2,1H3. The Morgan fingerprint density at radius 1 is 0.733 bits per heavy atom. The smallest absolute Gasteiger partial charge is 0.138 e. The van der Waals surface area contributed by atoms with Crippen LogP contribution >= 0.6 is 0 Å². The van der Waals surface area contributed by atoms with Crippen LogP contribution < -0.4 is 0 Å². The fourth-order valence-corrected chi connectivity index (χ4v) is 3.50. The van der Waals surface area contributed by atoms with Crippen LogP contribution in [0.25, 0.3) is 21.9 Å². The first kappa shape index (κ1) is 19.9. The second kappa shape index (κ2) is 8.93. The van der Waals surface area contributed by atoms with E-state index < -0.39 is 0 Å². The molecule has 0 atom stereocenters. The Morgan fingerprint density at radius 3 is 2.17 bits per heavy atom. The number of hydrogen-bond donors (Lipinski definition) is 0. The maximum Gasteiger partial charge on any atom is 0.138 e. The summed E-state index contributed by atoms with van der Waals surface area (Å²) in [5.74, 6) is 5.72. The van der Waals surface area contributed by atoms with Gasteiger partial charge in [0.2, 0.25) is 0 Å². The van der Waals surface area contributed by atoms with Gasteiger partial charge in [0, 0.05) is 22.1 Å². The zero-order valence-electron chi connectivity index (χ0n) is 16.9. The van der Waals surface area contributed by atoms with Crippen molar-refractivity contribution in [2.24, 2.45) is 0 Å². The van der Waals surface area contributed by atoms with Gasteiger partial charge in [0.25, 0.3) is 0 Å². The van der Waals surface area contributed by atoms with E-state index in [1.54, 1.807) is 24.3 Å². The van der Waals surface area contributed by atoms with Gasteiger partial charge in [-0.1, -0.05) is 67.6 Å². The lowest BCUT2D eigenvalue weighted by Crippen LogP contribution is -1.88. The van der Waals surface area contributed by atoms with Gasteiger partial charge in [0.1, 0.15) is 11.6 Å². The summed E-state index contributed by atoms with van der Waals surface area (Å²) >= 11 is 0. The van der Waals surface area contributed by atoms with E-state index in [9.17, 15) is 4.39 Å². The minimum atomic E-state index is -0.334. The molecule has 0 amide bonds. The Hall–Kier alpha value is -3.44. The maximum atomic E-state index is 15.0. The second-order valence-electron chi connectivity index (χ2n) is 7.42.